The average Bonchev–Trinajstić information content (AvgIpc) is 3.09. The molecule has 0 bridgehead atoms. The van der Waals surface area contributed by atoms with Crippen molar-refractivity contribution < 1.29 is 22.4 Å². The summed E-state index contributed by atoms with van der Waals surface area (Å²) < 4.78 is 53.0. The Labute approximate surface area is 168 Å². The van der Waals surface area contributed by atoms with Crippen LogP contribution in [0.5, 0.6) is 0 Å². The van der Waals surface area contributed by atoms with Gasteiger partial charge in [-0.1, -0.05) is 23.9 Å². The maximum atomic E-state index is 13.5. The second-order valence-corrected chi connectivity index (χ2v) is 6.92. The normalized spacial score (nSPS) is 11.5. The Balaban J connectivity index is 1.65. The molecule has 0 saturated carbocycles. The van der Waals surface area contributed by atoms with E-state index in [1.807, 2.05) is 6.92 Å². The van der Waals surface area contributed by atoms with Gasteiger partial charge in [0, 0.05) is 17.8 Å². The van der Waals surface area contributed by atoms with Crippen molar-refractivity contribution in [1.82, 2.24) is 14.8 Å². The van der Waals surface area contributed by atoms with Gasteiger partial charge in [0.25, 0.3) is 0 Å². The molecule has 1 amide bonds. The van der Waals surface area contributed by atoms with Gasteiger partial charge < -0.3 is 9.88 Å². The molecule has 0 saturated heterocycles. The Morgan fingerprint density at radius 2 is 1.86 bits per heavy atom. The van der Waals surface area contributed by atoms with Crippen LogP contribution in [-0.4, -0.2) is 26.4 Å². The first-order valence-electron chi connectivity index (χ1n) is 8.57. The van der Waals surface area contributed by atoms with Crippen molar-refractivity contribution in [2.45, 2.75) is 24.8 Å². The van der Waals surface area contributed by atoms with E-state index < -0.39 is 23.5 Å². The van der Waals surface area contributed by atoms with Crippen molar-refractivity contribution in [1.29, 1.82) is 0 Å². The highest BCUT2D eigenvalue weighted by Crippen LogP contribution is 2.30. The molecule has 0 aliphatic carbocycles. The van der Waals surface area contributed by atoms with Crippen LogP contribution >= 0.6 is 11.8 Å². The van der Waals surface area contributed by atoms with E-state index in [9.17, 15) is 22.4 Å². The monoisotopic (exact) mass is 424 g/mol. The minimum Gasteiger partial charge on any atom is -0.325 e. The van der Waals surface area contributed by atoms with Gasteiger partial charge in [-0.05, 0) is 43.3 Å². The zero-order valence-corrected chi connectivity index (χ0v) is 16.0. The minimum absolute atomic E-state index is 0.0116. The highest BCUT2D eigenvalue weighted by Gasteiger charge is 2.30. The second kappa shape index (κ2) is 8.64. The molecule has 3 aromatic rings. The maximum Gasteiger partial charge on any atom is 0.416 e. The molecule has 0 aliphatic heterocycles. The lowest BCUT2D eigenvalue weighted by Gasteiger charge is -2.09. The van der Waals surface area contributed by atoms with Crippen molar-refractivity contribution in [2.24, 2.45) is 0 Å². The van der Waals surface area contributed by atoms with Gasteiger partial charge in [0.2, 0.25) is 5.91 Å². The van der Waals surface area contributed by atoms with Crippen molar-refractivity contribution in [3.8, 4) is 11.4 Å². The Kier molecular flexibility index (Phi) is 6.21. The predicted molar refractivity (Wildman–Crippen MR) is 102 cm³/mol. The number of nitrogens with zero attached hydrogens (tertiary/aromatic N) is 3. The summed E-state index contributed by atoms with van der Waals surface area (Å²) in [4.78, 5) is 12.1. The molecule has 0 aliphatic rings. The molecule has 2 aromatic carbocycles. The third-order valence-electron chi connectivity index (χ3n) is 3.94. The Hall–Kier alpha value is -2.88. The molecule has 1 aromatic heterocycles. The smallest absolute Gasteiger partial charge is 0.325 e. The fourth-order valence-electron chi connectivity index (χ4n) is 2.59. The topological polar surface area (TPSA) is 59.8 Å². The van der Waals surface area contributed by atoms with Crippen LogP contribution < -0.4 is 5.32 Å². The highest BCUT2D eigenvalue weighted by molar-refractivity contribution is 7.99. The fourth-order valence-corrected chi connectivity index (χ4v) is 3.39. The lowest BCUT2D eigenvalue weighted by Crippen LogP contribution is -2.15. The lowest BCUT2D eigenvalue weighted by molar-refractivity contribution is -0.137. The van der Waals surface area contributed by atoms with E-state index in [1.165, 1.54) is 24.3 Å². The van der Waals surface area contributed by atoms with E-state index in [-0.39, 0.29) is 11.4 Å². The van der Waals surface area contributed by atoms with E-state index in [4.69, 9.17) is 0 Å². The van der Waals surface area contributed by atoms with Crippen LogP contribution in [0.4, 0.5) is 23.2 Å². The number of amides is 1. The Morgan fingerprint density at radius 3 is 2.48 bits per heavy atom. The van der Waals surface area contributed by atoms with Crippen LogP contribution in [0.1, 0.15) is 12.5 Å². The number of carbonyl (C=O) groups is 1. The molecule has 5 nitrogen and oxygen atoms in total. The molecule has 1 N–H and O–H groups in total. The summed E-state index contributed by atoms with van der Waals surface area (Å²) >= 11 is 1.13. The van der Waals surface area contributed by atoms with Gasteiger partial charge in [-0.15, -0.1) is 10.2 Å². The van der Waals surface area contributed by atoms with Crippen LogP contribution in [0.3, 0.4) is 0 Å². The van der Waals surface area contributed by atoms with Gasteiger partial charge in [0.1, 0.15) is 5.82 Å². The number of nitrogens with one attached hydrogen (secondary N) is 1. The quantitative estimate of drug-likeness (QED) is 0.454. The van der Waals surface area contributed by atoms with Crippen LogP contribution in [0.2, 0.25) is 0 Å². The minimum atomic E-state index is -4.43. The van der Waals surface area contributed by atoms with Gasteiger partial charge in [-0.25, -0.2) is 4.39 Å². The molecule has 152 valence electrons. The molecular weight excluding hydrogens is 408 g/mol. The third-order valence-corrected chi connectivity index (χ3v) is 4.91. The first-order valence-corrected chi connectivity index (χ1v) is 9.55. The zero-order chi connectivity index (χ0) is 21.0. The first kappa shape index (κ1) is 20.8. The maximum absolute atomic E-state index is 13.5. The van der Waals surface area contributed by atoms with Crippen LogP contribution in [0.25, 0.3) is 11.4 Å². The number of benzene rings is 2. The van der Waals surface area contributed by atoms with Crippen LogP contribution in [0.15, 0.2) is 53.7 Å². The molecule has 1 heterocycles. The van der Waals surface area contributed by atoms with E-state index in [0.29, 0.717) is 23.1 Å². The third kappa shape index (κ3) is 5.14. The van der Waals surface area contributed by atoms with Crippen molar-refractivity contribution in [3.63, 3.8) is 0 Å². The standard InChI is InChI=1S/C19H16F4N4OS/c1-2-27-17(12-4-3-5-14(20)10-12)25-26-18(27)29-11-16(28)24-15-8-6-13(7-9-15)19(21,22)23/h3-10H,2,11H2,1H3,(H,24,28). The number of halogens is 4. The molecule has 0 spiro atoms. The molecule has 3 rings (SSSR count). The zero-order valence-electron chi connectivity index (χ0n) is 15.2. The number of rotatable bonds is 6. The van der Waals surface area contributed by atoms with Gasteiger partial charge in [-0.2, -0.15) is 13.2 Å². The summed E-state index contributed by atoms with van der Waals surface area (Å²) in [6.45, 7) is 2.39. The number of hydrogen-bond donors (Lipinski definition) is 1. The Morgan fingerprint density at radius 1 is 1.14 bits per heavy atom. The van der Waals surface area contributed by atoms with E-state index in [2.05, 4.69) is 15.5 Å². The molecule has 0 fully saturated rings. The number of aromatic nitrogens is 3. The lowest BCUT2D eigenvalue weighted by atomic mass is 10.2. The molecular formula is C19H16F4N4OS. The summed E-state index contributed by atoms with van der Waals surface area (Å²) in [6, 6.07) is 10.2. The first-order chi connectivity index (χ1) is 13.8. The van der Waals surface area contributed by atoms with Gasteiger partial charge in [0.05, 0.1) is 11.3 Å². The van der Waals surface area contributed by atoms with Gasteiger partial charge in [0.15, 0.2) is 11.0 Å². The molecule has 0 unspecified atom stereocenters. The fraction of sp³-hybridized carbons (Fsp3) is 0.211. The average molecular weight is 424 g/mol. The molecule has 10 heteroatoms. The second-order valence-electron chi connectivity index (χ2n) is 5.97. The van der Waals surface area contributed by atoms with E-state index >= 15 is 0 Å². The SMILES string of the molecule is CCn1c(SCC(=O)Nc2ccc(C(F)(F)F)cc2)nnc1-c1cccc(F)c1. The van der Waals surface area contributed by atoms with Crippen molar-refractivity contribution in [3.05, 3.63) is 59.9 Å². The largest absolute Gasteiger partial charge is 0.416 e. The highest BCUT2D eigenvalue weighted by atomic mass is 32.2. The molecule has 0 radical (unpaired) electrons. The predicted octanol–water partition coefficient (Wildman–Crippen LogP) is 4.85. The van der Waals surface area contributed by atoms with E-state index in [1.54, 1.807) is 16.7 Å². The van der Waals surface area contributed by atoms with Crippen LogP contribution in [-0.2, 0) is 17.5 Å². The van der Waals surface area contributed by atoms with Crippen LogP contribution in [0, 0.1) is 5.82 Å². The summed E-state index contributed by atoms with van der Waals surface area (Å²) in [6.07, 6.45) is -4.43. The summed E-state index contributed by atoms with van der Waals surface area (Å²) in [7, 11) is 0. The molecule has 0 atom stereocenters. The number of thioether (sulfide) groups is 1. The van der Waals surface area contributed by atoms with E-state index in [0.717, 1.165) is 23.9 Å². The summed E-state index contributed by atoms with van der Waals surface area (Å²) in [5.41, 5.74) is 0.0483. The van der Waals surface area contributed by atoms with Crippen molar-refractivity contribution >= 4 is 23.4 Å². The number of carbonyl (C=O) groups excluding carboxylic acids is 1. The Bertz CT molecular complexity index is 1000. The molecule has 29 heavy (non-hydrogen) atoms. The number of alkyl halides is 3. The summed E-state index contributed by atoms with van der Waals surface area (Å²) in [5.74, 6) is -0.314. The van der Waals surface area contributed by atoms with Crippen molar-refractivity contribution in [2.75, 3.05) is 11.1 Å². The summed E-state index contributed by atoms with van der Waals surface area (Å²) in [5, 5.41) is 11.2. The number of hydrogen-bond acceptors (Lipinski definition) is 4. The number of anilines is 1. The van der Waals surface area contributed by atoms with Gasteiger partial charge in [-0.3, -0.25) is 4.79 Å². The van der Waals surface area contributed by atoms with Gasteiger partial charge >= 0.3 is 6.18 Å².